The summed E-state index contributed by atoms with van der Waals surface area (Å²) >= 11 is 0. The summed E-state index contributed by atoms with van der Waals surface area (Å²) in [5.41, 5.74) is 0.340. The molecule has 1 fully saturated rings. The Hall–Kier alpha value is -2.28. The average Bonchev–Trinajstić information content (AvgIpc) is 3.20. The Morgan fingerprint density at radius 1 is 1.44 bits per heavy atom. The van der Waals surface area contributed by atoms with Crippen molar-refractivity contribution in [3.8, 4) is 6.07 Å². The predicted octanol–water partition coefficient (Wildman–Crippen LogP) is 0.827. The van der Waals surface area contributed by atoms with Crippen molar-refractivity contribution >= 4 is 10.0 Å². The molecule has 1 aromatic carbocycles. The van der Waals surface area contributed by atoms with Gasteiger partial charge in [-0.15, -0.1) is 0 Å². The molecule has 2 heterocycles. The predicted molar refractivity (Wildman–Crippen MR) is 86.4 cm³/mol. The standard InChI is InChI=1S/C16H17FN4O3S/c1-20-7-11(6-19-20)14-9-21(8-12(14)10-22)25(23,24)16-4-2-3-15(17)13(16)5-18/h2-4,6-7,12,14,22H,8-10H2,1H3/t12-,14-/m0/s1. The minimum Gasteiger partial charge on any atom is -0.396 e. The van der Waals surface area contributed by atoms with Crippen LogP contribution in [0.25, 0.3) is 0 Å². The second-order valence-corrected chi connectivity index (χ2v) is 7.95. The van der Waals surface area contributed by atoms with Gasteiger partial charge >= 0.3 is 0 Å². The fourth-order valence-corrected chi connectivity index (χ4v) is 4.86. The van der Waals surface area contributed by atoms with Crippen LogP contribution in [0, 0.1) is 23.1 Å². The number of aliphatic hydroxyl groups excluding tert-OH is 1. The van der Waals surface area contributed by atoms with Crippen molar-refractivity contribution in [3.05, 3.63) is 47.5 Å². The summed E-state index contributed by atoms with van der Waals surface area (Å²) in [4.78, 5) is -0.349. The van der Waals surface area contributed by atoms with E-state index in [0.717, 1.165) is 11.6 Å². The zero-order chi connectivity index (χ0) is 18.2. The van der Waals surface area contributed by atoms with Gasteiger partial charge in [-0.25, -0.2) is 12.8 Å². The third-order valence-electron chi connectivity index (χ3n) is 4.50. The van der Waals surface area contributed by atoms with Crippen LogP contribution in [0.2, 0.25) is 0 Å². The molecule has 0 unspecified atom stereocenters. The molecule has 0 saturated carbocycles. The van der Waals surface area contributed by atoms with E-state index in [0.29, 0.717) is 0 Å². The SMILES string of the molecule is Cn1cc([C@@H]2CN(S(=O)(=O)c3cccc(F)c3C#N)C[C@H]2CO)cn1. The lowest BCUT2D eigenvalue weighted by atomic mass is 9.92. The van der Waals surface area contributed by atoms with E-state index in [1.165, 1.54) is 16.4 Å². The molecule has 1 N–H and O–H groups in total. The Morgan fingerprint density at radius 3 is 2.80 bits per heavy atom. The van der Waals surface area contributed by atoms with Gasteiger partial charge in [0.2, 0.25) is 10.0 Å². The van der Waals surface area contributed by atoms with Crippen LogP contribution >= 0.6 is 0 Å². The molecule has 0 spiro atoms. The highest BCUT2D eigenvalue weighted by molar-refractivity contribution is 7.89. The first-order chi connectivity index (χ1) is 11.9. The third kappa shape index (κ3) is 3.04. The lowest BCUT2D eigenvalue weighted by Crippen LogP contribution is -2.30. The number of hydrogen-bond acceptors (Lipinski definition) is 5. The molecular weight excluding hydrogens is 347 g/mol. The second kappa shape index (κ2) is 6.55. The van der Waals surface area contributed by atoms with Gasteiger partial charge in [-0.2, -0.15) is 14.7 Å². The fourth-order valence-electron chi connectivity index (χ4n) is 3.19. The number of aryl methyl sites for hydroxylation is 1. The van der Waals surface area contributed by atoms with Gasteiger partial charge in [-0.3, -0.25) is 4.68 Å². The number of aliphatic hydroxyl groups is 1. The van der Waals surface area contributed by atoms with Crippen LogP contribution in [-0.4, -0.2) is 47.3 Å². The monoisotopic (exact) mass is 364 g/mol. The van der Waals surface area contributed by atoms with Gasteiger partial charge in [0.15, 0.2) is 0 Å². The number of nitrogens with zero attached hydrogens (tertiary/aromatic N) is 4. The lowest BCUT2D eigenvalue weighted by Gasteiger charge is -2.17. The van der Waals surface area contributed by atoms with Crippen LogP contribution in [-0.2, 0) is 17.1 Å². The van der Waals surface area contributed by atoms with Crippen LogP contribution in [0.1, 0.15) is 17.0 Å². The number of nitriles is 1. The van der Waals surface area contributed by atoms with E-state index < -0.39 is 21.4 Å². The van der Waals surface area contributed by atoms with Gasteiger partial charge in [0, 0.05) is 44.8 Å². The number of hydrogen-bond donors (Lipinski definition) is 1. The van der Waals surface area contributed by atoms with Crippen LogP contribution in [0.15, 0.2) is 35.5 Å². The Labute approximate surface area is 145 Å². The minimum atomic E-state index is -4.05. The van der Waals surface area contributed by atoms with Crippen molar-refractivity contribution in [1.82, 2.24) is 14.1 Å². The Balaban J connectivity index is 1.97. The van der Waals surface area contributed by atoms with E-state index in [-0.39, 0.29) is 36.4 Å². The largest absolute Gasteiger partial charge is 0.396 e. The molecule has 132 valence electrons. The van der Waals surface area contributed by atoms with Crippen molar-refractivity contribution in [2.24, 2.45) is 13.0 Å². The van der Waals surface area contributed by atoms with Crippen LogP contribution in [0.4, 0.5) is 4.39 Å². The molecule has 7 nitrogen and oxygen atoms in total. The number of sulfonamides is 1. The van der Waals surface area contributed by atoms with E-state index in [1.54, 1.807) is 30.2 Å². The molecule has 0 radical (unpaired) electrons. The molecule has 3 rings (SSSR count). The van der Waals surface area contributed by atoms with Gasteiger partial charge in [-0.05, 0) is 17.7 Å². The van der Waals surface area contributed by atoms with E-state index in [2.05, 4.69) is 5.10 Å². The van der Waals surface area contributed by atoms with Crippen LogP contribution in [0.5, 0.6) is 0 Å². The van der Waals surface area contributed by atoms with Crippen LogP contribution < -0.4 is 0 Å². The summed E-state index contributed by atoms with van der Waals surface area (Å²) in [6, 6.07) is 5.16. The summed E-state index contributed by atoms with van der Waals surface area (Å²) in [7, 11) is -2.29. The van der Waals surface area contributed by atoms with Gasteiger partial charge in [0.25, 0.3) is 0 Å². The van der Waals surface area contributed by atoms with E-state index in [1.807, 2.05) is 0 Å². The summed E-state index contributed by atoms with van der Waals surface area (Å²) in [5, 5.41) is 22.8. The zero-order valence-electron chi connectivity index (χ0n) is 13.5. The average molecular weight is 364 g/mol. The summed E-state index contributed by atoms with van der Waals surface area (Å²) in [5.74, 6) is -1.38. The highest BCUT2D eigenvalue weighted by Crippen LogP contribution is 2.36. The molecule has 1 aliphatic heterocycles. The van der Waals surface area contributed by atoms with Gasteiger partial charge in [0.1, 0.15) is 22.3 Å². The van der Waals surface area contributed by atoms with E-state index in [4.69, 9.17) is 5.26 Å². The van der Waals surface area contributed by atoms with Crippen molar-refractivity contribution in [2.75, 3.05) is 19.7 Å². The molecular formula is C16H17FN4O3S. The Morgan fingerprint density at radius 2 is 2.20 bits per heavy atom. The van der Waals surface area contributed by atoms with Crippen molar-refractivity contribution < 1.29 is 17.9 Å². The fraction of sp³-hybridized carbons (Fsp3) is 0.375. The van der Waals surface area contributed by atoms with Gasteiger partial charge in [-0.1, -0.05) is 6.07 Å². The first-order valence-electron chi connectivity index (χ1n) is 7.66. The molecule has 1 aromatic heterocycles. The molecule has 2 atom stereocenters. The molecule has 1 aliphatic rings. The van der Waals surface area contributed by atoms with Crippen LogP contribution in [0.3, 0.4) is 0 Å². The quantitative estimate of drug-likeness (QED) is 0.866. The summed E-state index contributed by atoms with van der Waals surface area (Å²) < 4.78 is 42.4. The van der Waals surface area contributed by atoms with Crippen molar-refractivity contribution in [2.45, 2.75) is 10.8 Å². The van der Waals surface area contributed by atoms with Crippen molar-refractivity contribution in [3.63, 3.8) is 0 Å². The second-order valence-electron chi connectivity index (χ2n) is 6.04. The number of benzene rings is 1. The number of rotatable bonds is 4. The minimum absolute atomic E-state index is 0.0970. The highest BCUT2D eigenvalue weighted by Gasteiger charge is 2.41. The lowest BCUT2D eigenvalue weighted by molar-refractivity contribution is 0.223. The number of aromatic nitrogens is 2. The molecule has 9 heteroatoms. The molecule has 0 aliphatic carbocycles. The maximum absolute atomic E-state index is 13.8. The maximum atomic E-state index is 13.8. The Kier molecular flexibility index (Phi) is 4.60. The van der Waals surface area contributed by atoms with Gasteiger partial charge in [0.05, 0.1) is 6.20 Å². The topological polar surface area (TPSA) is 99.2 Å². The highest BCUT2D eigenvalue weighted by atomic mass is 32.2. The van der Waals surface area contributed by atoms with Crippen molar-refractivity contribution in [1.29, 1.82) is 5.26 Å². The third-order valence-corrected chi connectivity index (χ3v) is 6.37. The molecule has 0 bridgehead atoms. The van der Waals surface area contributed by atoms with E-state index >= 15 is 0 Å². The Bertz CT molecular complexity index is 935. The number of halogens is 1. The van der Waals surface area contributed by atoms with Gasteiger partial charge < -0.3 is 5.11 Å². The maximum Gasteiger partial charge on any atom is 0.244 e. The van der Waals surface area contributed by atoms with E-state index in [9.17, 15) is 17.9 Å². The molecule has 25 heavy (non-hydrogen) atoms. The molecule has 2 aromatic rings. The first-order valence-corrected chi connectivity index (χ1v) is 9.10. The molecule has 0 amide bonds. The summed E-state index contributed by atoms with van der Waals surface area (Å²) in [6.07, 6.45) is 3.43. The first kappa shape index (κ1) is 17.5. The summed E-state index contributed by atoms with van der Waals surface area (Å²) in [6.45, 7) is 0.0558. The molecule has 1 saturated heterocycles. The normalized spacial score (nSPS) is 21.4. The zero-order valence-corrected chi connectivity index (χ0v) is 14.3. The smallest absolute Gasteiger partial charge is 0.244 e.